The second kappa shape index (κ2) is 3.93. The average molecular weight is 228 g/mol. The van der Waals surface area contributed by atoms with Crippen molar-refractivity contribution in [2.75, 3.05) is 5.32 Å². The van der Waals surface area contributed by atoms with Gasteiger partial charge in [-0.05, 0) is 19.1 Å². The summed E-state index contributed by atoms with van der Waals surface area (Å²) in [6.45, 7) is 2.03. The summed E-state index contributed by atoms with van der Waals surface area (Å²) >= 11 is 0. The number of oxazole rings is 1. The lowest BCUT2D eigenvalue weighted by molar-refractivity contribution is 0.604. The van der Waals surface area contributed by atoms with Crippen molar-refractivity contribution in [2.24, 2.45) is 0 Å². The number of nitrogens with zero attached hydrogens (tertiary/aromatic N) is 2. The molecule has 2 N–H and O–H groups in total. The van der Waals surface area contributed by atoms with Crippen molar-refractivity contribution < 1.29 is 4.42 Å². The molecule has 0 amide bonds. The second-order valence-electron chi connectivity index (χ2n) is 3.88. The van der Waals surface area contributed by atoms with Gasteiger partial charge in [-0.15, -0.1) is 0 Å². The van der Waals surface area contributed by atoms with E-state index in [0.29, 0.717) is 6.01 Å². The lowest BCUT2D eigenvalue weighted by Crippen LogP contribution is -2.05. The number of aromatic amines is 1. The van der Waals surface area contributed by atoms with Crippen LogP contribution in [0.3, 0.4) is 0 Å². The molecule has 5 heteroatoms. The first kappa shape index (κ1) is 9.89. The topological polar surface area (TPSA) is 66.7 Å². The van der Waals surface area contributed by atoms with Crippen molar-refractivity contribution >= 4 is 17.1 Å². The molecule has 0 bridgehead atoms. The minimum Gasteiger partial charge on any atom is -0.424 e. The molecule has 2 heterocycles. The Hall–Kier alpha value is -2.30. The number of hydrogen-bond donors (Lipinski definition) is 2. The number of fused-ring (bicyclic) bond motifs is 1. The minimum atomic E-state index is 0.0989. The maximum absolute atomic E-state index is 5.58. The summed E-state index contributed by atoms with van der Waals surface area (Å²) in [4.78, 5) is 4.35. The highest BCUT2D eigenvalue weighted by atomic mass is 16.4. The van der Waals surface area contributed by atoms with Gasteiger partial charge >= 0.3 is 0 Å². The molecule has 0 saturated carbocycles. The molecule has 0 aliphatic rings. The fourth-order valence-electron chi connectivity index (χ4n) is 1.70. The summed E-state index contributed by atoms with van der Waals surface area (Å²) in [6, 6.07) is 8.31. The first-order valence-electron chi connectivity index (χ1n) is 5.44. The maximum Gasteiger partial charge on any atom is 0.296 e. The van der Waals surface area contributed by atoms with Crippen LogP contribution < -0.4 is 5.32 Å². The Bertz CT molecular complexity index is 581. The molecule has 3 rings (SSSR count). The van der Waals surface area contributed by atoms with Gasteiger partial charge in [0.05, 0.1) is 12.2 Å². The summed E-state index contributed by atoms with van der Waals surface area (Å²) in [6.07, 6.45) is 3.63. The first-order chi connectivity index (χ1) is 8.33. The highest BCUT2D eigenvalue weighted by Crippen LogP contribution is 2.22. The van der Waals surface area contributed by atoms with E-state index in [1.165, 1.54) is 0 Å². The van der Waals surface area contributed by atoms with Crippen LogP contribution in [0.1, 0.15) is 18.5 Å². The fourth-order valence-corrected chi connectivity index (χ4v) is 1.70. The Morgan fingerprint density at radius 1 is 1.35 bits per heavy atom. The molecule has 1 atom stereocenters. The Balaban J connectivity index is 1.85. The van der Waals surface area contributed by atoms with E-state index in [1.807, 2.05) is 37.4 Å². The molecule has 86 valence electrons. The smallest absolute Gasteiger partial charge is 0.296 e. The Morgan fingerprint density at radius 2 is 2.24 bits per heavy atom. The number of aromatic nitrogens is 3. The van der Waals surface area contributed by atoms with Gasteiger partial charge in [0, 0.05) is 11.8 Å². The predicted molar refractivity (Wildman–Crippen MR) is 64.6 cm³/mol. The molecule has 0 aliphatic carbocycles. The Kier molecular flexibility index (Phi) is 2.29. The van der Waals surface area contributed by atoms with E-state index in [-0.39, 0.29) is 6.04 Å². The van der Waals surface area contributed by atoms with E-state index >= 15 is 0 Å². The van der Waals surface area contributed by atoms with Crippen LogP contribution in [0.15, 0.2) is 41.1 Å². The molecule has 0 radical (unpaired) electrons. The number of anilines is 1. The third-order valence-corrected chi connectivity index (χ3v) is 2.65. The van der Waals surface area contributed by atoms with E-state index < -0.39 is 0 Å². The molecule has 0 spiro atoms. The monoisotopic (exact) mass is 228 g/mol. The van der Waals surface area contributed by atoms with Crippen molar-refractivity contribution in [2.45, 2.75) is 13.0 Å². The van der Waals surface area contributed by atoms with Crippen molar-refractivity contribution in [3.63, 3.8) is 0 Å². The number of rotatable bonds is 3. The van der Waals surface area contributed by atoms with E-state index in [4.69, 9.17) is 4.42 Å². The van der Waals surface area contributed by atoms with Gasteiger partial charge in [-0.2, -0.15) is 10.1 Å². The highest BCUT2D eigenvalue weighted by Gasteiger charge is 2.10. The van der Waals surface area contributed by atoms with E-state index in [1.54, 1.807) is 6.20 Å². The van der Waals surface area contributed by atoms with Crippen LogP contribution in [-0.4, -0.2) is 15.2 Å². The van der Waals surface area contributed by atoms with Crippen LogP contribution in [0.4, 0.5) is 6.01 Å². The predicted octanol–water partition coefficient (Wildman–Crippen LogP) is 2.72. The summed E-state index contributed by atoms with van der Waals surface area (Å²) in [7, 11) is 0. The average Bonchev–Trinajstić information content (AvgIpc) is 2.97. The lowest BCUT2D eigenvalue weighted by Gasteiger charge is -2.08. The Labute approximate surface area is 97.9 Å². The highest BCUT2D eigenvalue weighted by molar-refractivity contribution is 5.74. The zero-order valence-corrected chi connectivity index (χ0v) is 9.34. The number of benzene rings is 1. The molecular formula is C12H12N4O. The molecule has 17 heavy (non-hydrogen) atoms. The summed E-state index contributed by atoms with van der Waals surface area (Å²) < 4.78 is 5.58. The second-order valence-corrected chi connectivity index (χ2v) is 3.88. The molecular weight excluding hydrogens is 216 g/mol. The third kappa shape index (κ3) is 1.87. The zero-order chi connectivity index (χ0) is 11.7. The molecule has 0 saturated heterocycles. The van der Waals surface area contributed by atoms with Gasteiger partial charge in [0.2, 0.25) is 0 Å². The van der Waals surface area contributed by atoms with Gasteiger partial charge in [0.1, 0.15) is 5.52 Å². The SMILES string of the molecule is CC(Nc1nc2ccccc2o1)c1cn[nH]c1. The normalized spacial score (nSPS) is 12.8. The molecule has 1 unspecified atom stereocenters. The van der Waals surface area contributed by atoms with Crippen molar-refractivity contribution in [1.82, 2.24) is 15.2 Å². The van der Waals surface area contributed by atoms with Crippen molar-refractivity contribution in [3.8, 4) is 0 Å². The van der Waals surface area contributed by atoms with Gasteiger partial charge < -0.3 is 9.73 Å². The van der Waals surface area contributed by atoms with Crippen LogP contribution in [0, 0.1) is 0 Å². The van der Waals surface area contributed by atoms with Crippen LogP contribution in [0.25, 0.3) is 11.1 Å². The fraction of sp³-hybridized carbons (Fsp3) is 0.167. The Morgan fingerprint density at radius 3 is 3.00 bits per heavy atom. The van der Waals surface area contributed by atoms with Gasteiger partial charge in [0.15, 0.2) is 5.58 Å². The quantitative estimate of drug-likeness (QED) is 0.723. The van der Waals surface area contributed by atoms with Crippen LogP contribution >= 0.6 is 0 Å². The van der Waals surface area contributed by atoms with E-state index in [0.717, 1.165) is 16.7 Å². The largest absolute Gasteiger partial charge is 0.424 e. The first-order valence-corrected chi connectivity index (χ1v) is 5.44. The molecule has 3 aromatic rings. The lowest BCUT2D eigenvalue weighted by atomic mass is 10.2. The van der Waals surface area contributed by atoms with Gasteiger partial charge in [-0.3, -0.25) is 5.10 Å². The molecule has 5 nitrogen and oxygen atoms in total. The van der Waals surface area contributed by atoms with Gasteiger partial charge in [-0.1, -0.05) is 12.1 Å². The number of H-pyrrole nitrogens is 1. The van der Waals surface area contributed by atoms with Gasteiger partial charge in [0.25, 0.3) is 6.01 Å². The van der Waals surface area contributed by atoms with E-state index in [9.17, 15) is 0 Å². The van der Waals surface area contributed by atoms with Gasteiger partial charge in [-0.25, -0.2) is 0 Å². The van der Waals surface area contributed by atoms with Crippen LogP contribution in [0.2, 0.25) is 0 Å². The molecule has 1 aromatic carbocycles. The summed E-state index contributed by atoms with van der Waals surface area (Å²) in [5.41, 5.74) is 2.70. The van der Waals surface area contributed by atoms with Crippen molar-refractivity contribution in [1.29, 1.82) is 0 Å². The summed E-state index contributed by atoms with van der Waals surface area (Å²) in [5, 5.41) is 9.89. The molecule has 2 aromatic heterocycles. The van der Waals surface area contributed by atoms with Crippen LogP contribution in [-0.2, 0) is 0 Å². The van der Waals surface area contributed by atoms with Crippen LogP contribution in [0.5, 0.6) is 0 Å². The van der Waals surface area contributed by atoms with Crippen molar-refractivity contribution in [3.05, 3.63) is 42.2 Å². The van der Waals surface area contributed by atoms with E-state index in [2.05, 4.69) is 20.5 Å². The number of para-hydroxylation sites is 2. The standard InChI is InChI=1S/C12H12N4O/c1-8(9-6-13-14-7-9)15-12-16-10-4-2-3-5-11(10)17-12/h2-8H,1H3,(H,13,14)(H,15,16). The zero-order valence-electron chi connectivity index (χ0n) is 9.34. The minimum absolute atomic E-state index is 0.0989. The summed E-state index contributed by atoms with van der Waals surface area (Å²) in [5.74, 6) is 0. The molecule has 0 aliphatic heterocycles. The maximum atomic E-state index is 5.58. The number of nitrogens with one attached hydrogen (secondary N) is 2. The third-order valence-electron chi connectivity index (χ3n) is 2.65. The number of hydrogen-bond acceptors (Lipinski definition) is 4. The molecule has 0 fully saturated rings.